The third-order valence-corrected chi connectivity index (χ3v) is 20.7. The van der Waals surface area contributed by atoms with Gasteiger partial charge in [0.2, 0.25) is 0 Å². The Morgan fingerprint density at radius 2 is 0.589 bits per heavy atom. The van der Waals surface area contributed by atoms with Gasteiger partial charge in [0, 0.05) is 47.5 Å². The second-order valence-electron chi connectivity index (χ2n) is 24.8. The van der Waals surface area contributed by atoms with Crippen molar-refractivity contribution >= 4 is 129 Å². The first-order valence-corrected chi connectivity index (χ1v) is 33.3. The summed E-state index contributed by atoms with van der Waals surface area (Å²) in [4.78, 5) is 0. The van der Waals surface area contributed by atoms with Crippen molar-refractivity contribution in [2.75, 3.05) is 0 Å². The van der Waals surface area contributed by atoms with Crippen LogP contribution in [0.2, 0.25) is 0 Å². The molecule has 0 radical (unpaired) electrons. The molecule has 0 spiro atoms. The molecular weight excluding hydrogens is 1170 g/mol. The average molecular weight is 1230 g/mol. The molecule has 0 saturated carbocycles. The summed E-state index contributed by atoms with van der Waals surface area (Å²) in [6.07, 6.45) is 0. The number of thiophene rings is 1. The Bertz CT molecular complexity index is 6260. The first-order valence-electron chi connectivity index (χ1n) is 32.5. The zero-order chi connectivity index (χ0) is 62.5. The van der Waals surface area contributed by atoms with Gasteiger partial charge < -0.3 is 8.83 Å². The van der Waals surface area contributed by atoms with Gasteiger partial charge >= 0.3 is 0 Å². The monoisotopic (exact) mass is 1220 g/mol. The molecule has 2 nitrogen and oxygen atoms in total. The molecule has 0 fully saturated rings. The predicted octanol–water partition coefficient (Wildman–Crippen LogP) is 27.0. The first kappa shape index (κ1) is 54.6. The SMILES string of the molecule is c1ccc(-c2cc(-c3ccccc3)cc(-c3c4ccccc4c(-c4ccc5sc6c7ccccc7ccc6c5c4)c4ccccc34)c2)cc1.c1ccc(-c2ccc(-c3c4ccccc4c(-c4cc5c6ccccc6oc5c5c4oc4ccccc45)c4ccccc34)cc2)cc1. The molecule has 3 heterocycles. The minimum absolute atomic E-state index is 0.850. The van der Waals surface area contributed by atoms with Gasteiger partial charge in [0.1, 0.15) is 22.3 Å². The van der Waals surface area contributed by atoms with Crippen LogP contribution < -0.4 is 0 Å². The molecule has 17 aromatic carbocycles. The Labute approximate surface area is 552 Å². The van der Waals surface area contributed by atoms with Crippen LogP contribution in [0.15, 0.2) is 349 Å². The largest absolute Gasteiger partial charge is 0.455 e. The fourth-order valence-electron chi connectivity index (χ4n) is 15.2. The summed E-state index contributed by atoms with van der Waals surface area (Å²) in [7, 11) is 0. The van der Waals surface area contributed by atoms with Crippen LogP contribution in [0, 0.1) is 0 Å². The van der Waals surface area contributed by atoms with Crippen LogP contribution >= 0.6 is 11.3 Å². The van der Waals surface area contributed by atoms with E-state index in [2.05, 4.69) is 315 Å². The van der Waals surface area contributed by atoms with Gasteiger partial charge in [-0.25, -0.2) is 0 Å². The van der Waals surface area contributed by atoms with E-state index in [9.17, 15) is 0 Å². The molecule has 95 heavy (non-hydrogen) atoms. The van der Waals surface area contributed by atoms with E-state index >= 15 is 0 Å². The summed E-state index contributed by atoms with van der Waals surface area (Å²) in [5, 5.41) is 19.4. The van der Waals surface area contributed by atoms with Gasteiger partial charge in [-0.3, -0.25) is 0 Å². The first-order chi connectivity index (χ1) is 47.1. The van der Waals surface area contributed by atoms with Crippen molar-refractivity contribution in [2.24, 2.45) is 0 Å². The summed E-state index contributed by atoms with van der Waals surface area (Å²) < 4.78 is 16.0. The molecule has 0 bridgehead atoms. The third kappa shape index (κ3) is 9.00. The van der Waals surface area contributed by atoms with Crippen molar-refractivity contribution in [1.29, 1.82) is 0 Å². The molecule has 442 valence electrons. The van der Waals surface area contributed by atoms with E-state index in [1.165, 1.54) is 146 Å². The van der Waals surface area contributed by atoms with Crippen molar-refractivity contribution in [2.45, 2.75) is 0 Å². The Kier molecular flexibility index (Phi) is 12.8. The summed E-state index contributed by atoms with van der Waals surface area (Å²) in [6, 6.07) is 123. The van der Waals surface area contributed by atoms with E-state index in [1.54, 1.807) is 0 Å². The lowest BCUT2D eigenvalue weighted by Gasteiger charge is -2.19. The Morgan fingerprint density at radius 3 is 1.15 bits per heavy atom. The van der Waals surface area contributed by atoms with Crippen LogP contribution in [0.4, 0.5) is 0 Å². The molecule has 0 saturated heterocycles. The van der Waals surface area contributed by atoms with Crippen molar-refractivity contribution in [3.63, 3.8) is 0 Å². The predicted molar refractivity (Wildman–Crippen MR) is 406 cm³/mol. The molecule has 3 aromatic heterocycles. The Morgan fingerprint density at radius 1 is 0.200 bits per heavy atom. The van der Waals surface area contributed by atoms with Crippen molar-refractivity contribution < 1.29 is 8.83 Å². The highest BCUT2D eigenvalue weighted by Gasteiger charge is 2.25. The van der Waals surface area contributed by atoms with E-state index in [0.29, 0.717) is 0 Å². The molecule has 0 N–H and O–H groups in total. The second-order valence-corrected chi connectivity index (χ2v) is 25.9. The van der Waals surface area contributed by atoms with Crippen LogP contribution in [0.3, 0.4) is 0 Å². The highest BCUT2D eigenvalue weighted by atomic mass is 32.1. The van der Waals surface area contributed by atoms with Crippen LogP contribution in [0.25, 0.3) is 196 Å². The lowest BCUT2D eigenvalue weighted by atomic mass is 9.84. The molecule has 20 rings (SSSR count). The minimum atomic E-state index is 0.850. The van der Waals surface area contributed by atoms with E-state index in [4.69, 9.17) is 8.83 Å². The summed E-state index contributed by atoms with van der Waals surface area (Å²) in [6.45, 7) is 0. The Balaban J connectivity index is 0.000000135. The molecular formula is C92H56O2S. The van der Waals surface area contributed by atoms with E-state index in [0.717, 1.165) is 49.4 Å². The molecule has 0 amide bonds. The van der Waals surface area contributed by atoms with Crippen LogP contribution in [0.5, 0.6) is 0 Å². The standard InChI is InChI=1S/C48H30S.C44H26O2/c1-3-13-31(14-4-1)35-27-36(32-15-5-2-6-16-32)29-37(28-35)47-41-21-11-9-19-39(41)46(40-20-10-12-22-42(40)47)34-24-26-45-44(30-34)43-25-23-33-17-7-8-18-38(33)48(43)49-45;1-2-12-27(13-3-1)28-22-24-29(25-23-28)40-31-15-4-6-17-33(31)41(34-18-7-5-16-32(34)40)37-26-36-30-14-8-10-20-38(30)45-43(36)42-35-19-9-11-21-39(35)46-44(37)42/h1-30H;1-26H. The zero-order valence-corrected chi connectivity index (χ0v) is 52.4. The van der Waals surface area contributed by atoms with Gasteiger partial charge in [-0.15, -0.1) is 11.3 Å². The van der Waals surface area contributed by atoms with Gasteiger partial charge in [0.05, 0.1) is 5.39 Å². The number of benzene rings is 17. The van der Waals surface area contributed by atoms with Gasteiger partial charge in [-0.2, -0.15) is 0 Å². The molecule has 0 aliphatic carbocycles. The minimum Gasteiger partial charge on any atom is -0.455 e. The smallest absolute Gasteiger partial charge is 0.147 e. The van der Waals surface area contributed by atoms with E-state index in [1.807, 2.05) is 35.6 Å². The molecule has 20 aromatic rings. The molecule has 0 aliphatic rings. The van der Waals surface area contributed by atoms with Gasteiger partial charge in [0.15, 0.2) is 0 Å². The van der Waals surface area contributed by atoms with Crippen molar-refractivity contribution in [1.82, 2.24) is 0 Å². The number of hydrogen-bond acceptors (Lipinski definition) is 3. The maximum atomic E-state index is 6.75. The summed E-state index contributed by atoms with van der Waals surface area (Å²) in [5.41, 5.74) is 20.5. The highest BCUT2D eigenvalue weighted by molar-refractivity contribution is 7.26. The highest BCUT2D eigenvalue weighted by Crippen LogP contribution is 2.51. The average Bonchev–Trinajstić information content (AvgIpc) is 1.71. The summed E-state index contributed by atoms with van der Waals surface area (Å²) >= 11 is 1.90. The van der Waals surface area contributed by atoms with E-state index in [-0.39, 0.29) is 0 Å². The van der Waals surface area contributed by atoms with Crippen LogP contribution in [-0.2, 0) is 0 Å². The maximum Gasteiger partial charge on any atom is 0.147 e. The second kappa shape index (κ2) is 22.3. The van der Waals surface area contributed by atoms with Crippen LogP contribution in [0.1, 0.15) is 0 Å². The molecule has 0 unspecified atom stereocenters. The molecule has 3 heteroatoms. The van der Waals surface area contributed by atoms with Crippen LogP contribution in [-0.4, -0.2) is 0 Å². The number of fused-ring (bicyclic) bond motifs is 16. The number of rotatable bonds is 7. The fourth-order valence-corrected chi connectivity index (χ4v) is 16.4. The number of para-hydroxylation sites is 2. The maximum absolute atomic E-state index is 6.75. The Hall–Kier alpha value is -12.1. The lowest BCUT2D eigenvalue weighted by Crippen LogP contribution is -1.92. The molecule has 0 aliphatic heterocycles. The normalized spacial score (nSPS) is 11.8. The number of furan rings is 2. The van der Waals surface area contributed by atoms with Gasteiger partial charge in [0.25, 0.3) is 0 Å². The lowest BCUT2D eigenvalue weighted by molar-refractivity contribution is 0.663. The van der Waals surface area contributed by atoms with Crippen molar-refractivity contribution in [3.05, 3.63) is 340 Å². The third-order valence-electron chi connectivity index (χ3n) is 19.5. The summed E-state index contributed by atoms with van der Waals surface area (Å²) in [5.74, 6) is 0. The van der Waals surface area contributed by atoms with Gasteiger partial charge in [-0.1, -0.05) is 291 Å². The number of hydrogen-bond donors (Lipinski definition) is 0. The van der Waals surface area contributed by atoms with E-state index < -0.39 is 0 Å². The fraction of sp³-hybridized carbons (Fsp3) is 0. The quantitative estimate of drug-likeness (QED) is 0.149. The topological polar surface area (TPSA) is 26.3 Å². The zero-order valence-electron chi connectivity index (χ0n) is 51.6. The van der Waals surface area contributed by atoms with Gasteiger partial charge in [-0.05, 0) is 169 Å². The molecule has 0 atom stereocenters. The van der Waals surface area contributed by atoms with Crippen molar-refractivity contribution in [3.8, 4) is 77.9 Å².